The van der Waals surface area contributed by atoms with Crippen LogP contribution in [0.3, 0.4) is 0 Å². The zero-order valence-corrected chi connectivity index (χ0v) is 12.2. The SMILES string of the molecule is CC1CN(C2=Nc3cc(N)ccc3OC2C)CC(C)O1. The highest BCUT2D eigenvalue weighted by molar-refractivity contribution is 5.91. The van der Waals surface area contributed by atoms with Crippen LogP contribution >= 0.6 is 0 Å². The molecule has 0 saturated carbocycles. The average molecular weight is 275 g/mol. The van der Waals surface area contributed by atoms with Crippen LogP contribution in [0.25, 0.3) is 0 Å². The smallest absolute Gasteiger partial charge is 0.153 e. The number of hydrogen-bond donors (Lipinski definition) is 1. The van der Waals surface area contributed by atoms with Crippen molar-refractivity contribution in [2.45, 2.75) is 39.1 Å². The van der Waals surface area contributed by atoms with E-state index in [1.165, 1.54) is 0 Å². The molecular weight excluding hydrogens is 254 g/mol. The van der Waals surface area contributed by atoms with Gasteiger partial charge in [0.1, 0.15) is 17.3 Å². The molecule has 3 rings (SSSR count). The third-order valence-electron chi connectivity index (χ3n) is 3.63. The average Bonchev–Trinajstić information content (AvgIpc) is 2.37. The van der Waals surface area contributed by atoms with Crippen LogP contribution in [0.4, 0.5) is 11.4 Å². The highest BCUT2D eigenvalue weighted by Gasteiger charge is 2.30. The molecule has 1 aromatic rings. The van der Waals surface area contributed by atoms with Gasteiger partial charge in [0.05, 0.1) is 12.2 Å². The first-order valence-electron chi connectivity index (χ1n) is 7.08. The summed E-state index contributed by atoms with van der Waals surface area (Å²) in [4.78, 5) is 7.02. The Kier molecular flexibility index (Phi) is 3.30. The number of hydrogen-bond acceptors (Lipinski definition) is 5. The highest BCUT2D eigenvalue weighted by atomic mass is 16.5. The van der Waals surface area contributed by atoms with Crippen LogP contribution in [0.15, 0.2) is 23.2 Å². The molecule has 1 aromatic carbocycles. The van der Waals surface area contributed by atoms with Crippen molar-refractivity contribution in [2.24, 2.45) is 4.99 Å². The number of benzene rings is 1. The van der Waals surface area contributed by atoms with Crippen LogP contribution in [0.2, 0.25) is 0 Å². The Labute approximate surface area is 119 Å². The van der Waals surface area contributed by atoms with Gasteiger partial charge in [0.2, 0.25) is 0 Å². The molecule has 3 atom stereocenters. The predicted molar refractivity (Wildman–Crippen MR) is 79.6 cm³/mol. The van der Waals surface area contributed by atoms with E-state index in [2.05, 4.69) is 18.7 Å². The van der Waals surface area contributed by atoms with Gasteiger partial charge < -0.3 is 20.1 Å². The van der Waals surface area contributed by atoms with Crippen molar-refractivity contribution >= 4 is 17.2 Å². The molecule has 2 heterocycles. The number of aliphatic imine (C=N–C) groups is 1. The Balaban J connectivity index is 1.92. The van der Waals surface area contributed by atoms with E-state index in [0.717, 1.165) is 30.4 Å². The molecule has 1 saturated heterocycles. The number of ether oxygens (including phenoxy) is 2. The van der Waals surface area contributed by atoms with Crippen molar-refractivity contribution in [3.8, 4) is 5.75 Å². The summed E-state index contributed by atoms with van der Waals surface area (Å²) >= 11 is 0. The van der Waals surface area contributed by atoms with Gasteiger partial charge in [-0.1, -0.05) is 0 Å². The van der Waals surface area contributed by atoms with Crippen molar-refractivity contribution in [1.82, 2.24) is 4.90 Å². The van der Waals surface area contributed by atoms with E-state index in [-0.39, 0.29) is 18.3 Å². The minimum Gasteiger partial charge on any atom is -0.481 e. The van der Waals surface area contributed by atoms with Crippen molar-refractivity contribution in [3.05, 3.63) is 18.2 Å². The van der Waals surface area contributed by atoms with Gasteiger partial charge in [0.15, 0.2) is 6.10 Å². The summed E-state index contributed by atoms with van der Waals surface area (Å²) < 4.78 is 11.7. The first kappa shape index (κ1) is 13.2. The van der Waals surface area contributed by atoms with Gasteiger partial charge in [-0.15, -0.1) is 0 Å². The van der Waals surface area contributed by atoms with Crippen LogP contribution in [0.5, 0.6) is 5.75 Å². The van der Waals surface area contributed by atoms with Crippen molar-refractivity contribution in [2.75, 3.05) is 18.8 Å². The van der Waals surface area contributed by atoms with Crippen molar-refractivity contribution in [3.63, 3.8) is 0 Å². The summed E-state index contributed by atoms with van der Waals surface area (Å²) in [6, 6.07) is 5.57. The molecule has 0 radical (unpaired) electrons. The molecule has 0 aromatic heterocycles. The van der Waals surface area contributed by atoms with Gasteiger partial charge in [-0.2, -0.15) is 0 Å². The standard InChI is InChI=1S/C15H21N3O2/c1-9-7-18(8-10(2)19-9)15-11(3)20-14-5-4-12(16)6-13(14)17-15/h4-6,9-11H,7-8,16H2,1-3H3. The van der Waals surface area contributed by atoms with Crippen LogP contribution in [-0.2, 0) is 4.74 Å². The summed E-state index contributed by atoms with van der Waals surface area (Å²) in [5.74, 6) is 1.76. The molecule has 2 N–H and O–H groups in total. The maximum absolute atomic E-state index is 5.95. The molecule has 0 spiro atoms. The molecule has 2 aliphatic rings. The lowest BCUT2D eigenvalue weighted by molar-refractivity contribution is -0.0499. The minimum atomic E-state index is -0.0522. The molecule has 0 amide bonds. The molecule has 5 heteroatoms. The van der Waals surface area contributed by atoms with E-state index in [4.69, 9.17) is 20.2 Å². The zero-order chi connectivity index (χ0) is 14.3. The molecular formula is C15H21N3O2. The number of nitrogen functional groups attached to an aromatic ring is 1. The van der Waals surface area contributed by atoms with Crippen LogP contribution in [0.1, 0.15) is 20.8 Å². The maximum Gasteiger partial charge on any atom is 0.153 e. The van der Waals surface area contributed by atoms with Crippen LogP contribution in [0, 0.1) is 0 Å². The molecule has 0 bridgehead atoms. The van der Waals surface area contributed by atoms with Crippen LogP contribution in [-0.4, -0.2) is 42.1 Å². The lowest BCUT2D eigenvalue weighted by Crippen LogP contribution is -2.52. The number of anilines is 1. The molecule has 108 valence electrons. The second-order valence-corrected chi connectivity index (χ2v) is 5.62. The fourth-order valence-electron chi connectivity index (χ4n) is 2.87. The summed E-state index contributed by atoms with van der Waals surface area (Å²) in [5.41, 5.74) is 7.34. The second-order valence-electron chi connectivity index (χ2n) is 5.62. The number of nitrogens with two attached hydrogens (primary N) is 1. The Morgan fingerprint density at radius 1 is 1.20 bits per heavy atom. The molecule has 1 fully saturated rings. The van der Waals surface area contributed by atoms with Gasteiger partial charge in [0, 0.05) is 18.8 Å². The van der Waals surface area contributed by atoms with Gasteiger partial charge >= 0.3 is 0 Å². The van der Waals surface area contributed by atoms with Crippen molar-refractivity contribution < 1.29 is 9.47 Å². The second kappa shape index (κ2) is 4.98. The largest absolute Gasteiger partial charge is 0.481 e. The van der Waals surface area contributed by atoms with Gasteiger partial charge in [-0.05, 0) is 39.0 Å². The van der Waals surface area contributed by atoms with Gasteiger partial charge in [0.25, 0.3) is 0 Å². The van der Waals surface area contributed by atoms with E-state index in [0.29, 0.717) is 5.69 Å². The normalized spacial score (nSPS) is 29.4. The van der Waals surface area contributed by atoms with Crippen molar-refractivity contribution in [1.29, 1.82) is 0 Å². The topological polar surface area (TPSA) is 60.1 Å². The first-order chi connectivity index (χ1) is 9.52. The van der Waals surface area contributed by atoms with E-state index in [9.17, 15) is 0 Å². The van der Waals surface area contributed by atoms with E-state index < -0.39 is 0 Å². The lowest BCUT2D eigenvalue weighted by Gasteiger charge is -2.39. The zero-order valence-electron chi connectivity index (χ0n) is 12.2. The van der Waals surface area contributed by atoms with Crippen LogP contribution < -0.4 is 10.5 Å². The molecule has 0 aliphatic carbocycles. The number of fused-ring (bicyclic) bond motifs is 1. The van der Waals surface area contributed by atoms with E-state index in [1.807, 2.05) is 25.1 Å². The lowest BCUT2D eigenvalue weighted by atomic mass is 10.1. The number of amidine groups is 1. The number of nitrogens with zero attached hydrogens (tertiary/aromatic N) is 2. The Bertz CT molecular complexity index is 534. The molecule has 5 nitrogen and oxygen atoms in total. The summed E-state index contributed by atoms with van der Waals surface area (Å²) in [6.07, 6.45) is 0.357. The van der Waals surface area contributed by atoms with E-state index in [1.54, 1.807) is 0 Å². The Morgan fingerprint density at radius 2 is 1.90 bits per heavy atom. The monoisotopic (exact) mass is 275 g/mol. The fraction of sp³-hybridized carbons (Fsp3) is 0.533. The number of rotatable bonds is 0. The molecule has 3 unspecified atom stereocenters. The Morgan fingerprint density at radius 3 is 2.60 bits per heavy atom. The third kappa shape index (κ3) is 2.45. The predicted octanol–water partition coefficient (Wildman–Crippen LogP) is 2.19. The summed E-state index contributed by atoms with van der Waals surface area (Å²) in [7, 11) is 0. The maximum atomic E-state index is 5.95. The third-order valence-corrected chi connectivity index (χ3v) is 3.63. The highest BCUT2D eigenvalue weighted by Crippen LogP contribution is 2.35. The quantitative estimate of drug-likeness (QED) is 0.737. The Hall–Kier alpha value is -1.75. The first-order valence-corrected chi connectivity index (χ1v) is 7.08. The van der Waals surface area contributed by atoms with Gasteiger partial charge in [-0.25, -0.2) is 4.99 Å². The summed E-state index contributed by atoms with van der Waals surface area (Å²) in [5, 5.41) is 0. The summed E-state index contributed by atoms with van der Waals surface area (Å²) in [6.45, 7) is 7.89. The number of morpholine rings is 1. The van der Waals surface area contributed by atoms with E-state index >= 15 is 0 Å². The molecule has 20 heavy (non-hydrogen) atoms. The van der Waals surface area contributed by atoms with Gasteiger partial charge in [-0.3, -0.25) is 0 Å². The molecule has 2 aliphatic heterocycles. The minimum absolute atomic E-state index is 0.0522. The fourth-order valence-corrected chi connectivity index (χ4v) is 2.87.